The summed E-state index contributed by atoms with van der Waals surface area (Å²) in [6.07, 6.45) is 1.59. The van der Waals surface area contributed by atoms with Gasteiger partial charge in [0.1, 0.15) is 11.3 Å². The molecule has 1 amide bonds. The standard InChI is InChI=1S/C31H30ClN3O3/c1-21(20-35(15-5-14-33)31(37)24-10-8-23(19-34)9-11-24)16-28-27(17-22-6-3-2-4-7-22)30(36)26-13-12-25(32)18-29(26)38-28/h2-4,6-13,18,21H,5,14-17,20,33H2,1H3. The number of benzene rings is 3. The Morgan fingerprint density at radius 2 is 1.84 bits per heavy atom. The maximum Gasteiger partial charge on any atom is 0.253 e. The van der Waals surface area contributed by atoms with Gasteiger partial charge < -0.3 is 15.1 Å². The summed E-state index contributed by atoms with van der Waals surface area (Å²) in [4.78, 5) is 28.7. The van der Waals surface area contributed by atoms with Crippen LogP contribution in [0.3, 0.4) is 0 Å². The van der Waals surface area contributed by atoms with Gasteiger partial charge in [-0.05, 0) is 60.8 Å². The Bertz CT molecular complexity index is 1510. The molecule has 4 aromatic rings. The Morgan fingerprint density at radius 1 is 1.11 bits per heavy atom. The minimum Gasteiger partial charge on any atom is -0.460 e. The molecule has 0 spiro atoms. The summed E-state index contributed by atoms with van der Waals surface area (Å²) in [6, 6.07) is 23.6. The van der Waals surface area contributed by atoms with Crippen LogP contribution >= 0.6 is 11.6 Å². The van der Waals surface area contributed by atoms with Gasteiger partial charge in [0.2, 0.25) is 0 Å². The normalized spacial score (nSPS) is 11.7. The van der Waals surface area contributed by atoms with Crippen LogP contribution < -0.4 is 11.2 Å². The van der Waals surface area contributed by atoms with Gasteiger partial charge in [-0.2, -0.15) is 5.26 Å². The lowest BCUT2D eigenvalue weighted by molar-refractivity contribution is 0.0729. The van der Waals surface area contributed by atoms with E-state index in [1.807, 2.05) is 37.3 Å². The number of fused-ring (bicyclic) bond motifs is 1. The van der Waals surface area contributed by atoms with E-state index in [-0.39, 0.29) is 17.3 Å². The van der Waals surface area contributed by atoms with Crippen LogP contribution in [-0.4, -0.2) is 30.4 Å². The Kier molecular flexibility index (Phi) is 8.96. The van der Waals surface area contributed by atoms with Gasteiger partial charge in [-0.1, -0.05) is 48.9 Å². The fraction of sp³-hybridized carbons (Fsp3) is 0.258. The van der Waals surface area contributed by atoms with Gasteiger partial charge in [0.05, 0.1) is 17.0 Å². The first-order chi connectivity index (χ1) is 18.4. The van der Waals surface area contributed by atoms with Crippen LogP contribution in [0.15, 0.2) is 82.0 Å². The predicted molar refractivity (Wildman–Crippen MR) is 150 cm³/mol. The van der Waals surface area contributed by atoms with Crippen LogP contribution in [0.1, 0.15) is 46.2 Å². The van der Waals surface area contributed by atoms with Gasteiger partial charge in [0, 0.05) is 48.1 Å². The number of hydrogen-bond donors (Lipinski definition) is 1. The average molecular weight is 528 g/mol. The molecule has 2 N–H and O–H groups in total. The van der Waals surface area contributed by atoms with Crippen molar-refractivity contribution in [2.45, 2.75) is 26.2 Å². The predicted octanol–water partition coefficient (Wildman–Crippen LogP) is 5.58. The van der Waals surface area contributed by atoms with E-state index >= 15 is 0 Å². The van der Waals surface area contributed by atoms with Crippen molar-refractivity contribution >= 4 is 28.5 Å². The molecular formula is C31H30ClN3O3. The van der Waals surface area contributed by atoms with Gasteiger partial charge in [-0.3, -0.25) is 9.59 Å². The van der Waals surface area contributed by atoms with Gasteiger partial charge in [-0.25, -0.2) is 0 Å². The highest BCUT2D eigenvalue weighted by Gasteiger charge is 2.22. The second kappa shape index (κ2) is 12.6. The van der Waals surface area contributed by atoms with Crippen molar-refractivity contribution in [3.8, 4) is 6.07 Å². The second-order valence-electron chi connectivity index (χ2n) is 9.53. The summed E-state index contributed by atoms with van der Waals surface area (Å²) in [6.45, 7) is 3.47. The van der Waals surface area contributed by atoms with Crippen molar-refractivity contribution in [2.75, 3.05) is 19.6 Å². The lowest BCUT2D eigenvalue weighted by Crippen LogP contribution is -2.37. The summed E-state index contributed by atoms with van der Waals surface area (Å²) in [5.41, 5.74) is 8.79. The van der Waals surface area contributed by atoms with Crippen LogP contribution in [-0.2, 0) is 12.8 Å². The summed E-state index contributed by atoms with van der Waals surface area (Å²) in [5.74, 6) is 0.473. The first-order valence-corrected chi connectivity index (χ1v) is 13.0. The molecule has 1 unspecified atom stereocenters. The lowest BCUT2D eigenvalue weighted by Gasteiger charge is -2.26. The Balaban J connectivity index is 1.63. The molecule has 0 aliphatic rings. The van der Waals surface area contributed by atoms with E-state index in [0.717, 1.165) is 5.56 Å². The molecule has 4 rings (SSSR count). The SMILES string of the molecule is CC(Cc1oc2cc(Cl)ccc2c(=O)c1Cc1ccccc1)CN(CCCN)C(=O)c1ccc(C#N)cc1. The van der Waals surface area contributed by atoms with E-state index < -0.39 is 0 Å². The maximum absolute atomic E-state index is 13.6. The molecule has 6 nitrogen and oxygen atoms in total. The molecule has 0 saturated carbocycles. The molecule has 0 aliphatic carbocycles. The van der Waals surface area contributed by atoms with Crippen molar-refractivity contribution in [3.63, 3.8) is 0 Å². The first-order valence-electron chi connectivity index (χ1n) is 12.7. The maximum atomic E-state index is 13.6. The summed E-state index contributed by atoms with van der Waals surface area (Å²) in [5, 5.41) is 10.1. The first kappa shape index (κ1) is 27.1. The topological polar surface area (TPSA) is 100 Å². The zero-order valence-electron chi connectivity index (χ0n) is 21.3. The largest absolute Gasteiger partial charge is 0.460 e. The molecule has 38 heavy (non-hydrogen) atoms. The molecule has 0 fully saturated rings. The molecule has 1 aromatic heterocycles. The molecule has 3 aromatic carbocycles. The number of hydrogen-bond acceptors (Lipinski definition) is 5. The van der Waals surface area contributed by atoms with Crippen molar-refractivity contribution in [1.29, 1.82) is 5.26 Å². The molecule has 1 heterocycles. The molecule has 0 bridgehead atoms. The van der Waals surface area contributed by atoms with Crippen LogP contribution in [0.2, 0.25) is 5.02 Å². The third-order valence-electron chi connectivity index (χ3n) is 6.50. The zero-order chi connectivity index (χ0) is 27.1. The van der Waals surface area contributed by atoms with Crippen LogP contribution in [0.4, 0.5) is 0 Å². The third-order valence-corrected chi connectivity index (χ3v) is 6.74. The minimum atomic E-state index is -0.119. The molecule has 0 saturated heterocycles. The smallest absolute Gasteiger partial charge is 0.253 e. The molecule has 1 atom stereocenters. The van der Waals surface area contributed by atoms with Crippen LogP contribution in [0.25, 0.3) is 11.0 Å². The number of nitrogens with two attached hydrogens (primary N) is 1. The Hall–Kier alpha value is -3.92. The van der Waals surface area contributed by atoms with Crippen molar-refractivity contribution in [1.82, 2.24) is 4.90 Å². The average Bonchev–Trinajstić information content (AvgIpc) is 2.93. The molecule has 0 radical (unpaired) electrons. The number of nitrogens with zero attached hydrogens (tertiary/aromatic N) is 2. The lowest BCUT2D eigenvalue weighted by atomic mass is 9.96. The monoisotopic (exact) mass is 527 g/mol. The number of carbonyl (C=O) groups is 1. The minimum absolute atomic E-state index is 0.00980. The highest BCUT2D eigenvalue weighted by Crippen LogP contribution is 2.24. The van der Waals surface area contributed by atoms with Gasteiger partial charge in [0.15, 0.2) is 5.43 Å². The molecular weight excluding hydrogens is 498 g/mol. The number of rotatable bonds is 10. The fourth-order valence-electron chi connectivity index (χ4n) is 4.58. The van der Waals surface area contributed by atoms with Crippen LogP contribution in [0.5, 0.6) is 0 Å². The van der Waals surface area contributed by atoms with Gasteiger partial charge >= 0.3 is 0 Å². The Labute approximate surface area is 227 Å². The number of nitriles is 1. The van der Waals surface area contributed by atoms with Crippen LogP contribution in [0, 0.1) is 17.2 Å². The van der Waals surface area contributed by atoms with Crippen molar-refractivity contribution in [3.05, 3.63) is 116 Å². The van der Waals surface area contributed by atoms with Gasteiger partial charge in [0.25, 0.3) is 5.91 Å². The van der Waals surface area contributed by atoms with E-state index in [2.05, 4.69) is 6.07 Å². The van der Waals surface area contributed by atoms with E-state index in [1.165, 1.54) is 0 Å². The van der Waals surface area contributed by atoms with Crippen molar-refractivity contribution < 1.29 is 9.21 Å². The fourth-order valence-corrected chi connectivity index (χ4v) is 4.74. The van der Waals surface area contributed by atoms with E-state index in [1.54, 1.807) is 47.4 Å². The second-order valence-corrected chi connectivity index (χ2v) is 9.96. The summed E-state index contributed by atoms with van der Waals surface area (Å²) >= 11 is 6.19. The van der Waals surface area contributed by atoms with E-state index in [4.69, 9.17) is 27.0 Å². The van der Waals surface area contributed by atoms with Gasteiger partial charge in [-0.15, -0.1) is 0 Å². The summed E-state index contributed by atoms with van der Waals surface area (Å²) in [7, 11) is 0. The number of amides is 1. The third kappa shape index (κ3) is 6.49. The zero-order valence-corrected chi connectivity index (χ0v) is 22.1. The van der Waals surface area contributed by atoms with Crippen molar-refractivity contribution in [2.24, 2.45) is 11.7 Å². The van der Waals surface area contributed by atoms with E-state index in [0.29, 0.717) is 77.3 Å². The van der Waals surface area contributed by atoms with E-state index in [9.17, 15) is 9.59 Å². The number of halogens is 1. The number of carbonyl (C=O) groups excluding carboxylic acids is 1. The Morgan fingerprint density at radius 3 is 2.53 bits per heavy atom. The molecule has 7 heteroatoms. The quantitative estimate of drug-likeness (QED) is 0.290. The highest BCUT2D eigenvalue weighted by molar-refractivity contribution is 6.31. The molecule has 0 aliphatic heterocycles. The molecule has 194 valence electrons. The highest BCUT2D eigenvalue weighted by atomic mass is 35.5. The summed E-state index contributed by atoms with van der Waals surface area (Å²) < 4.78 is 6.29.